The first kappa shape index (κ1) is 33.6. The number of benzene rings is 1. The summed E-state index contributed by atoms with van der Waals surface area (Å²) in [5.41, 5.74) is 3.81. The summed E-state index contributed by atoms with van der Waals surface area (Å²) >= 11 is 0. The zero-order valence-electron chi connectivity index (χ0n) is 27.1. The summed E-state index contributed by atoms with van der Waals surface area (Å²) in [5, 5.41) is 52.8. The van der Waals surface area contributed by atoms with E-state index < -0.39 is 58.0 Å². The van der Waals surface area contributed by atoms with E-state index in [1.807, 2.05) is 6.07 Å². The number of rotatable bonds is 8. The number of nitrogens with two attached hydrogens (primary N) is 1. The minimum atomic E-state index is -2.66. The smallest absolute Gasteiger partial charge is 0.255 e. The number of ketones is 2. The van der Waals surface area contributed by atoms with Crippen molar-refractivity contribution in [3.05, 3.63) is 51.0 Å². The molecular formula is C33H48N4O7. The number of phenols is 1. The highest BCUT2D eigenvalue weighted by molar-refractivity contribution is 6.24. The van der Waals surface area contributed by atoms with Gasteiger partial charge in [0, 0.05) is 43.2 Å². The van der Waals surface area contributed by atoms with E-state index >= 15 is 0 Å². The van der Waals surface area contributed by atoms with Crippen molar-refractivity contribution in [2.24, 2.45) is 28.4 Å². The van der Waals surface area contributed by atoms with E-state index in [1.165, 1.54) is 0 Å². The van der Waals surface area contributed by atoms with E-state index in [1.54, 1.807) is 19.0 Å². The van der Waals surface area contributed by atoms with Gasteiger partial charge in [-0.25, -0.2) is 0 Å². The Hall–Kier alpha value is -3.25. The van der Waals surface area contributed by atoms with Gasteiger partial charge in [0.15, 0.2) is 11.4 Å². The molecular weight excluding hydrogens is 564 g/mol. The van der Waals surface area contributed by atoms with Crippen LogP contribution in [0.2, 0.25) is 0 Å². The number of likely N-dealkylation sites (N-methyl/N-ethyl adjacent to an activating group) is 1. The molecule has 1 unspecified atom stereocenters. The van der Waals surface area contributed by atoms with Gasteiger partial charge in [-0.1, -0.05) is 41.5 Å². The van der Waals surface area contributed by atoms with Crippen LogP contribution in [0.25, 0.3) is 0 Å². The quantitative estimate of drug-likeness (QED) is 0.215. The van der Waals surface area contributed by atoms with Crippen LogP contribution in [0.1, 0.15) is 75.0 Å². The summed E-state index contributed by atoms with van der Waals surface area (Å²) in [5.74, 6) is -6.51. The molecule has 3 aliphatic carbocycles. The minimum Gasteiger partial charge on any atom is -0.510 e. The van der Waals surface area contributed by atoms with Crippen LogP contribution in [-0.2, 0) is 29.1 Å². The predicted octanol–water partition coefficient (Wildman–Crippen LogP) is 2.39. The number of fused-ring (bicyclic) bond motifs is 3. The molecule has 242 valence electrons. The molecule has 0 spiro atoms. The average Bonchev–Trinajstić information content (AvgIpc) is 2.86. The van der Waals surface area contributed by atoms with Gasteiger partial charge in [-0.05, 0) is 60.9 Å². The van der Waals surface area contributed by atoms with Gasteiger partial charge in [0.05, 0.1) is 11.6 Å². The molecule has 0 fully saturated rings. The van der Waals surface area contributed by atoms with Crippen LogP contribution in [0.5, 0.6) is 5.75 Å². The Morgan fingerprint density at radius 2 is 1.55 bits per heavy atom. The number of nitrogens with zero attached hydrogens (tertiary/aromatic N) is 1. The van der Waals surface area contributed by atoms with Crippen molar-refractivity contribution in [2.75, 3.05) is 27.2 Å². The fourth-order valence-electron chi connectivity index (χ4n) is 6.89. The molecule has 0 radical (unpaired) electrons. The van der Waals surface area contributed by atoms with Gasteiger partial charge in [-0.3, -0.25) is 19.3 Å². The molecule has 1 aromatic rings. The Labute approximate surface area is 259 Å². The molecule has 8 N–H and O–H groups in total. The summed E-state index contributed by atoms with van der Waals surface area (Å²) in [7, 11) is 3.22. The topological polar surface area (TPSA) is 185 Å². The normalized spacial score (nSPS) is 25.7. The first-order valence-electron chi connectivity index (χ1n) is 15.1. The van der Waals surface area contributed by atoms with Gasteiger partial charge in [0.1, 0.15) is 22.8 Å². The summed E-state index contributed by atoms with van der Waals surface area (Å²) in [4.78, 5) is 41.6. The van der Waals surface area contributed by atoms with E-state index in [2.05, 4.69) is 52.2 Å². The van der Waals surface area contributed by atoms with Crippen LogP contribution in [-0.4, -0.2) is 81.6 Å². The van der Waals surface area contributed by atoms with E-state index in [0.29, 0.717) is 37.3 Å². The number of allylic oxidation sites excluding steroid dienone is 1. The maximum atomic E-state index is 14.3. The Bertz CT molecular complexity index is 1450. The van der Waals surface area contributed by atoms with Crippen molar-refractivity contribution >= 4 is 17.5 Å². The van der Waals surface area contributed by atoms with Crippen molar-refractivity contribution in [2.45, 2.75) is 79.1 Å². The molecule has 1 aromatic carbocycles. The fourth-order valence-corrected chi connectivity index (χ4v) is 6.89. The number of aliphatic hydroxyl groups excluding tert-OH is 2. The molecule has 11 heteroatoms. The van der Waals surface area contributed by atoms with Gasteiger partial charge >= 0.3 is 0 Å². The molecule has 0 bridgehead atoms. The van der Waals surface area contributed by atoms with Gasteiger partial charge in [0.25, 0.3) is 5.91 Å². The van der Waals surface area contributed by atoms with E-state index in [4.69, 9.17) is 5.73 Å². The first-order chi connectivity index (χ1) is 20.2. The number of carbonyl (C=O) groups excluding carboxylic acids is 3. The third-order valence-corrected chi connectivity index (χ3v) is 8.84. The number of Topliss-reactive ketones (excluding diaryl/α,β-unsaturated/α-hetero) is 2. The Balaban J connectivity index is 1.87. The van der Waals surface area contributed by atoms with E-state index in [-0.39, 0.29) is 40.6 Å². The number of carbonyl (C=O) groups is 3. The lowest BCUT2D eigenvalue weighted by atomic mass is 9.58. The highest BCUT2D eigenvalue weighted by atomic mass is 16.3. The van der Waals surface area contributed by atoms with Gasteiger partial charge in [0.2, 0.25) is 5.78 Å². The Morgan fingerprint density at radius 1 is 1.00 bits per heavy atom. The molecule has 1 amide bonds. The van der Waals surface area contributed by atoms with Crippen LogP contribution >= 0.6 is 0 Å². The van der Waals surface area contributed by atoms with Crippen LogP contribution in [0.4, 0.5) is 0 Å². The van der Waals surface area contributed by atoms with Crippen LogP contribution < -0.4 is 16.4 Å². The molecule has 0 saturated carbocycles. The Morgan fingerprint density at radius 3 is 2.05 bits per heavy atom. The molecule has 0 aromatic heterocycles. The molecule has 3 aliphatic rings. The van der Waals surface area contributed by atoms with E-state index in [0.717, 1.165) is 5.56 Å². The number of nitrogens with one attached hydrogen (secondary N) is 2. The zero-order chi connectivity index (χ0) is 33.1. The van der Waals surface area contributed by atoms with Crippen molar-refractivity contribution in [3.63, 3.8) is 0 Å². The van der Waals surface area contributed by atoms with Gasteiger partial charge < -0.3 is 36.8 Å². The lowest BCUT2D eigenvalue weighted by Gasteiger charge is -2.50. The second-order valence-corrected chi connectivity index (χ2v) is 15.2. The summed E-state index contributed by atoms with van der Waals surface area (Å²) in [6.45, 7) is 14.7. The first-order valence-corrected chi connectivity index (χ1v) is 15.1. The average molecular weight is 613 g/mol. The fraction of sp³-hybridized carbons (Fsp3) is 0.606. The van der Waals surface area contributed by atoms with Crippen LogP contribution in [0.3, 0.4) is 0 Å². The molecule has 0 saturated heterocycles. The van der Waals surface area contributed by atoms with E-state index in [9.17, 15) is 34.8 Å². The van der Waals surface area contributed by atoms with Crippen molar-refractivity contribution in [1.29, 1.82) is 0 Å². The molecule has 4 rings (SSSR count). The third kappa shape index (κ3) is 5.90. The van der Waals surface area contributed by atoms with Crippen LogP contribution in [0, 0.1) is 22.7 Å². The maximum Gasteiger partial charge on any atom is 0.255 e. The molecule has 4 atom stereocenters. The number of amides is 1. The van der Waals surface area contributed by atoms with Crippen molar-refractivity contribution in [3.8, 4) is 5.75 Å². The number of hydrogen-bond acceptors (Lipinski definition) is 10. The zero-order valence-corrected chi connectivity index (χ0v) is 27.1. The summed E-state index contributed by atoms with van der Waals surface area (Å²) < 4.78 is 0. The highest BCUT2D eigenvalue weighted by Crippen LogP contribution is 2.52. The van der Waals surface area contributed by atoms with Crippen molar-refractivity contribution < 1.29 is 34.8 Å². The number of aromatic hydroxyl groups is 1. The monoisotopic (exact) mass is 612 g/mol. The number of phenolic OH excluding ortho intramolecular Hbond substituents is 1. The summed E-state index contributed by atoms with van der Waals surface area (Å²) in [6, 6.07) is 0.874. The Kier molecular flexibility index (Phi) is 8.86. The predicted molar refractivity (Wildman–Crippen MR) is 166 cm³/mol. The lowest BCUT2D eigenvalue weighted by molar-refractivity contribution is -0.148. The second kappa shape index (κ2) is 11.6. The van der Waals surface area contributed by atoms with Gasteiger partial charge in [-0.2, -0.15) is 0 Å². The summed E-state index contributed by atoms with van der Waals surface area (Å²) in [6.07, 6.45) is 0.306. The third-order valence-electron chi connectivity index (χ3n) is 8.84. The lowest BCUT2D eigenvalue weighted by Crippen LogP contribution is -2.63. The molecule has 0 heterocycles. The van der Waals surface area contributed by atoms with Gasteiger partial charge in [-0.15, -0.1) is 0 Å². The number of primary amides is 1. The molecule has 0 aliphatic heterocycles. The van der Waals surface area contributed by atoms with Crippen molar-refractivity contribution in [1.82, 2.24) is 15.5 Å². The standard InChI is InChI=1S/C33H48N4O7/c1-31(2,3)14-35-12-17-9-18(13-36-15-32(4,5)6)25(38)22-19(17)10-16-11-20-24(37(7)8)27(40)23(30(34)43)29(42)33(20,44)28(41)21(16)26(22)39/h9,16,20,24,35-36,38,40-41,44H,10-15H2,1-8H3,(H2,34,43)/t16-,20-,24?,33-/m1/s1. The highest BCUT2D eigenvalue weighted by Gasteiger charge is 2.63. The second-order valence-electron chi connectivity index (χ2n) is 15.2. The van der Waals surface area contributed by atoms with Crippen LogP contribution in [0.15, 0.2) is 28.7 Å². The maximum absolute atomic E-state index is 14.3. The number of hydrogen-bond donors (Lipinski definition) is 7. The SMILES string of the molecule is CN(C)C1C(O)=C(C(N)=O)C(=O)[C@]2(O)C(O)=C3C(=O)c4c(O)c(CNCC(C)(C)C)cc(CNCC(C)(C)C)c4C[C@@H]3C[C@H]12. The largest absolute Gasteiger partial charge is 0.510 e. The molecule has 11 nitrogen and oxygen atoms in total. The minimum absolute atomic E-state index is 0.00736. The number of aliphatic hydroxyl groups is 3. The molecule has 44 heavy (non-hydrogen) atoms.